The average Bonchev–Trinajstić information content (AvgIpc) is 2.39. The Morgan fingerprint density at radius 3 is 2.89 bits per heavy atom. The van der Waals surface area contributed by atoms with Crippen LogP contribution in [0.15, 0.2) is 42.6 Å². The van der Waals surface area contributed by atoms with E-state index in [2.05, 4.69) is 10.3 Å². The van der Waals surface area contributed by atoms with E-state index < -0.39 is 0 Å². The monoisotopic (exact) mass is 275 g/mol. The SMILES string of the molecule is NC(=S)c1ncccc1NCCc1cccc(F)c1. The van der Waals surface area contributed by atoms with E-state index in [4.69, 9.17) is 18.0 Å². The van der Waals surface area contributed by atoms with Gasteiger partial charge in [-0.3, -0.25) is 4.98 Å². The minimum Gasteiger partial charge on any atom is -0.388 e. The second-order valence-corrected chi connectivity index (χ2v) is 4.51. The van der Waals surface area contributed by atoms with E-state index in [0.717, 1.165) is 11.3 Å². The Kier molecular flexibility index (Phi) is 4.41. The third-order valence-corrected chi connectivity index (χ3v) is 2.85. The van der Waals surface area contributed by atoms with Gasteiger partial charge in [0.2, 0.25) is 0 Å². The molecule has 0 saturated heterocycles. The van der Waals surface area contributed by atoms with Crippen LogP contribution < -0.4 is 11.1 Å². The van der Waals surface area contributed by atoms with Crippen LogP contribution >= 0.6 is 12.2 Å². The lowest BCUT2D eigenvalue weighted by Crippen LogP contribution is -2.16. The van der Waals surface area contributed by atoms with Crippen LogP contribution in [0.1, 0.15) is 11.3 Å². The van der Waals surface area contributed by atoms with Crippen LogP contribution in [0.3, 0.4) is 0 Å². The molecule has 2 aromatic rings. The molecule has 1 heterocycles. The van der Waals surface area contributed by atoms with Crippen molar-refractivity contribution in [3.05, 3.63) is 59.7 Å². The van der Waals surface area contributed by atoms with Crippen LogP contribution in [0.25, 0.3) is 0 Å². The number of rotatable bonds is 5. The summed E-state index contributed by atoms with van der Waals surface area (Å²) in [5, 5.41) is 3.21. The standard InChI is InChI=1S/C14H14FN3S/c15-11-4-1-3-10(9-11)6-8-17-12-5-2-7-18-13(12)14(16)19/h1-5,7,9,17H,6,8H2,(H2,16,19). The molecular formula is C14H14FN3S. The lowest BCUT2D eigenvalue weighted by molar-refractivity contribution is 0.625. The normalized spacial score (nSPS) is 10.2. The van der Waals surface area contributed by atoms with Crippen LogP contribution in [-0.4, -0.2) is 16.5 Å². The maximum absolute atomic E-state index is 13.0. The Bertz CT molecular complexity index is 586. The summed E-state index contributed by atoms with van der Waals surface area (Å²) in [5.74, 6) is -0.220. The molecule has 3 nitrogen and oxygen atoms in total. The highest BCUT2D eigenvalue weighted by Gasteiger charge is 2.05. The molecule has 2 rings (SSSR count). The second kappa shape index (κ2) is 6.24. The molecule has 1 aromatic carbocycles. The maximum Gasteiger partial charge on any atom is 0.124 e. The number of pyridine rings is 1. The number of nitrogens with two attached hydrogens (primary N) is 1. The fraction of sp³-hybridized carbons (Fsp3) is 0.143. The number of thiocarbonyl (C=S) groups is 1. The molecule has 0 aliphatic carbocycles. The number of hydrogen-bond donors (Lipinski definition) is 2. The van der Waals surface area contributed by atoms with Crippen molar-refractivity contribution in [2.24, 2.45) is 5.73 Å². The minimum absolute atomic E-state index is 0.220. The van der Waals surface area contributed by atoms with Crippen molar-refractivity contribution in [1.29, 1.82) is 0 Å². The van der Waals surface area contributed by atoms with Crippen LogP contribution in [0.4, 0.5) is 10.1 Å². The van der Waals surface area contributed by atoms with Crippen LogP contribution in [-0.2, 0) is 6.42 Å². The first-order valence-corrected chi connectivity index (χ1v) is 6.31. The highest BCUT2D eigenvalue weighted by Crippen LogP contribution is 2.12. The van der Waals surface area contributed by atoms with Crippen molar-refractivity contribution in [1.82, 2.24) is 4.98 Å². The van der Waals surface area contributed by atoms with Crippen molar-refractivity contribution in [3.63, 3.8) is 0 Å². The molecule has 0 unspecified atom stereocenters. The van der Waals surface area contributed by atoms with Crippen LogP contribution in [0.5, 0.6) is 0 Å². The summed E-state index contributed by atoms with van der Waals surface area (Å²) in [7, 11) is 0. The van der Waals surface area contributed by atoms with E-state index in [0.29, 0.717) is 18.7 Å². The molecule has 98 valence electrons. The van der Waals surface area contributed by atoms with Crippen molar-refractivity contribution < 1.29 is 4.39 Å². The Hall–Kier alpha value is -2.01. The van der Waals surface area contributed by atoms with Crippen molar-refractivity contribution >= 4 is 22.9 Å². The van der Waals surface area contributed by atoms with Crippen molar-refractivity contribution in [2.45, 2.75) is 6.42 Å². The largest absolute Gasteiger partial charge is 0.388 e. The fourth-order valence-corrected chi connectivity index (χ4v) is 1.94. The number of anilines is 1. The van der Waals surface area contributed by atoms with Gasteiger partial charge in [-0.1, -0.05) is 24.4 Å². The molecule has 0 amide bonds. The first-order valence-electron chi connectivity index (χ1n) is 5.90. The molecule has 1 aromatic heterocycles. The number of halogens is 1. The van der Waals surface area contributed by atoms with Crippen molar-refractivity contribution in [3.8, 4) is 0 Å². The van der Waals surface area contributed by atoms with Gasteiger partial charge >= 0.3 is 0 Å². The molecule has 0 radical (unpaired) electrons. The molecule has 0 aliphatic heterocycles. The van der Waals surface area contributed by atoms with Gasteiger partial charge in [-0.15, -0.1) is 0 Å². The summed E-state index contributed by atoms with van der Waals surface area (Å²) in [5.41, 5.74) is 7.91. The molecule has 0 fully saturated rings. The smallest absolute Gasteiger partial charge is 0.124 e. The molecule has 5 heteroatoms. The van der Waals surface area contributed by atoms with Gasteiger partial charge in [0.05, 0.1) is 5.69 Å². The Morgan fingerprint density at radius 1 is 1.32 bits per heavy atom. The van der Waals surface area contributed by atoms with E-state index in [-0.39, 0.29) is 10.8 Å². The molecule has 0 bridgehead atoms. The summed E-state index contributed by atoms with van der Waals surface area (Å²) in [4.78, 5) is 4.39. The van der Waals surface area contributed by atoms with Crippen LogP contribution in [0.2, 0.25) is 0 Å². The summed E-state index contributed by atoms with van der Waals surface area (Å²) in [6.45, 7) is 0.658. The van der Waals surface area contributed by atoms with E-state index in [1.165, 1.54) is 12.1 Å². The Balaban J connectivity index is 1.98. The van der Waals surface area contributed by atoms with Gasteiger partial charge in [0.15, 0.2) is 0 Å². The number of aromatic nitrogens is 1. The minimum atomic E-state index is -0.220. The predicted octanol–water partition coefficient (Wildman–Crippen LogP) is 2.51. The molecule has 19 heavy (non-hydrogen) atoms. The Morgan fingerprint density at radius 2 is 2.16 bits per heavy atom. The van der Waals surface area contributed by atoms with E-state index in [9.17, 15) is 4.39 Å². The van der Waals surface area contributed by atoms with Gasteiger partial charge in [0, 0.05) is 12.7 Å². The Labute approximate surface area is 116 Å². The fourth-order valence-electron chi connectivity index (χ4n) is 1.78. The van der Waals surface area contributed by atoms with Crippen molar-refractivity contribution in [2.75, 3.05) is 11.9 Å². The molecule has 0 spiro atoms. The van der Waals surface area contributed by atoms with E-state index in [1.807, 2.05) is 18.2 Å². The topological polar surface area (TPSA) is 50.9 Å². The van der Waals surface area contributed by atoms with E-state index >= 15 is 0 Å². The van der Waals surface area contributed by atoms with Gasteiger partial charge < -0.3 is 11.1 Å². The molecule has 0 atom stereocenters. The van der Waals surface area contributed by atoms with Gasteiger partial charge in [0.25, 0.3) is 0 Å². The molecule has 3 N–H and O–H groups in total. The summed E-state index contributed by atoms with van der Waals surface area (Å²) in [6, 6.07) is 10.2. The van der Waals surface area contributed by atoms with Gasteiger partial charge in [-0.25, -0.2) is 4.39 Å². The summed E-state index contributed by atoms with van der Waals surface area (Å²) >= 11 is 4.94. The predicted molar refractivity (Wildman–Crippen MR) is 78.7 cm³/mol. The quantitative estimate of drug-likeness (QED) is 0.823. The lowest BCUT2D eigenvalue weighted by atomic mass is 10.1. The highest BCUT2D eigenvalue weighted by atomic mass is 32.1. The summed E-state index contributed by atoms with van der Waals surface area (Å²) in [6.07, 6.45) is 2.36. The van der Waals surface area contributed by atoms with Gasteiger partial charge in [-0.2, -0.15) is 0 Å². The van der Waals surface area contributed by atoms with E-state index in [1.54, 1.807) is 12.3 Å². The zero-order valence-electron chi connectivity index (χ0n) is 10.3. The zero-order chi connectivity index (χ0) is 13.7. The summed E-state index contributed by atoms with van der Waals surface area (Å²) < 4.78 is 13.0. The van der Waals surface area contributed by atoms with Gasteiger partial charge in [-0.05, 0) is 36.2 Å². The molecular weight excluding hydrogens is 261 g/mol. The first kappa shape index (κ1) is 13.4. The third-order valence-electron chi connectivity index (χ3n) is 2.66. The molecule has 0 saturated carbocycles. The number of hydrogen-bond acceptors (Lipinski definition) is 3. The first-order chi connectivity index (χ1) is 9.16. The highest BCUT2D eigenvalue weighted by molar-refractivity contribution is 7.80. The zero-order valence-corrected chi connectivity index (χ0v) is 11.1. The lowest BCUT2D eigenvalue weighted by Gasteiger charge is -2.10. The van der Waals surface area contributed by atoms with Crippen LogP contribution in [0, 0.1) is 5.82 Å². The number of benzene rings is 1. The van der Waals surface area contributed by atoms with Gasteiger partial charge in [0.1, 0.15) is 16.5 Å². The average molecular weight is 275 g/mol. The second-order valence-electron chi connectivity index (χ2n) is 4.07. The number of nitrogens with one attached hydrogen (secondary N) is 1. The number of nitrogens with zero attached hydrogens (tertiary/aromatic N) is 1. The molecule has 0 aliphatic rings. The third kappa shape index (κ3) is 3.72. The maximum atomic E-state index is 13.0.